The quantitative estimate of drug-likeness (QED) is 0.822. The van der Waals surface area contributed by atoms with Crippen LogP contribution >= 0.6 is 15.9 Å². The van der Waals surface area contributed by atoms with Gasteiger partial charge >= 0.3 is 0 Å². The zero-order valence-corrected chi connectivity index (χ0v) is 13.8. The van der Waals surface area contributed by atoms with Crippen LogP contribution in [0.4, 0.5) is 11.4 Å². The van der Waals surface area contributed by atoms with Crippen molar-refractivity contribution < 1.29 is 4.79 Å². The third-order valence-electron chi connectivity index (χ3n) is 3.20. The van der Waals surface area contributed by atoms with E-state index in [0.29, 0.717) is 6.42 Å². The first-order chi connectivity index (χ1) is 10.1. The lowest BCUT2D eigenvalue weighted by Crippen LogP contribution is -2.09. The number of hydrogen-bond donors (Lipinski definition) is 2. The van der Waals surface area contributed by atoms with E-state index in [1.165, 1.54) is 11.1 Å². The van der Waals surface area contributed by atoms with Crippen LogP contribution in [0.5, 0.6) is 0 Å². The fraction of sp³-hybridized carbons (Fsp3) is 0.235. The maximum absolute atomic E-state index is 11.4. The van der Waals surface area contributed by atoms with Crippen molar-refractivity contribution in [2.24, 2.45) is 0 Å². The second-order valence-electron chi connectivity index (χ2n) is 4.92. The fourth-order valence-electron chi connectivity index (χ4n) is 1.91. The number of hydrogen-bond acceptors (Lipinski definition) is 2. The SMILES string of the molecule is CCC(=O)Nc1cccc(NCc2ccc(C)c(Br)c2)c1. The summed E-state index contributed by atoms with van der Waals surface area (Å²) in [6.45, 7) is 4.65. The Morgan fingerprint density at radius 1 is 1.14 bits per heavy atom. The second kappa shape index (κ2) is 7.27. The summed E-state index contributed by atoms with van der Waals surface area (Å²) in [6, 6.07) is 14.1. The minimum absolute atomic E-state index is 0.0228. The number of benzene rings is 2. The molecule has 0 bridgehead atoms. The molecule has 2 aromatic rings. The molecule has 2 aromatic carbocycles. The predicted molar refractivity (Wildman–Crippen MR) is 91.6 cm³/mol. The van der Waals surface area contributed by atoms with E-state index in [-0.39, 0.29) is 5.91 Å². The van der Waals surface area contributed by atoms with Gasteiger partial charge in [0.15, 0.2) is 0 Å². The molecule has 0 spiro atoms. The van der Waals surface area contributed by atoms with Crippen molar-refractivity contribution in [2.75, 3.05) is 10.6 Å². The molecule has 0 aliphatic heterocycles. The number of carbonyl (C=O) groups excluding carboxylic acids is 1. The first-order valence-electron chi connectivity index (χ1n) is 6.97. The molecule has 0 radical (unpaired) electrons. The predicted octanol–water partition coefficient (Wildman–Crippen LogP) is 4.72. The zero-order valence-electron chi connectivity index (χ0n) is 12.2. The normalized spacial score (nSPS) is 10.2. The van der Waals surface area contributed by atoms with Crippen LogP contribution in [0.1, 0.15) is 24.5 Å². The highest BCUT2D eigenvalue weighted by Crippen LogP contribution is 2.20. The van der Waals surface area contributed by atoms with E-state index in [1.807, 2.05) is 31.2 Å². The van der Waals surface area contributed by atoms with Gasteiger partial charge in [0, 0.05) is 28.8 Å². The number of carbonyl (C=O) groups is 1. The summed E-state index contributed by atoms with van der Waals surface area (Å²) < 4.78 is 1.12. The first kappa shape index (κ1) is 15.6. The molecular formula is C17H19BrN2O. The molecule has 0 aliphatic carbocycles. The van der Waals surface area contributed by atoms with Gasteiger partial charge in [-0.15, -0.1) is 0 Å². The Kier molecular flexibility index (Phi) is 5.39. The van der Waals surface area contributed by atoms with Crippen molar-refractivity contribution in [1.29, 1.82) is 0 Å². The van der Waals surface area contributed by atoms with Gasteiger partial charge in [0.1, 0.15) is 0 Å². The van der Waals surface area contributed by atoms with Gasteiger partial charge in [-0.25, -0.2) is 0 Å². The lowest BCUT2D eigenvalue weighted by atomic mass is 10.1. The smallest absolute Gasteiger partial charge is 0.224 e. The lowest BCUT2D eigenvalue weighted by molar-refractivity contribution is -0.115. The summed E-state index contributed by atoms with van der Waals surface area (Å²) >= 11 is 3.54. The molecule has 3 nitrogen and oxygen atoms in total. The molecule has 2 rings (SSSR count). The summed E-state index contributed by atoms with van der Waals surface area (Å²) in [5.74, 6) is 0.0228. The largest absolute Gasteiger partial charge is 0.381 e. The topological polar surface area (TPSA) is 41.1 Å². The molecule has 0 aromatic heterocycles. The van der Waals surface area contributed by atoms with E-state index in [9.17, 15) is 4.79 Å². The van der Waals surface area contributed by atoms with E-state index in [4.69, 9.17) is 0 Å². The maximum atomic E-state index is 11.4. The van der Waals surface area contributed by atoms with Gasteiger partial charge in [0.2, 0.25) is 5.91 Å². The van der Waals surface area contributed by atoms with Crippen LogP contribution in [0.2, 0.25) is 0 Å². The van der Waals surface area contributed by atoms with Gasteiger partial charge in [0.25, 0.3) is 0 Å². The Morgan fingerprint density at radius 3 is 2.62 bits per heavy atom. The van der Waals surface area contributed by atoms with Crippen molar-refractivity contribution in [3.8, 4) is 0 Å². The van der Waals surface area contributed by atoms with Crippen LogP contribution in [0.15, 0.2) is 46.9 Å². The van der Waals surface area contributed by atoms with Crippen molar-refractivity contribution >= 4 is 33.2 Å². The minimum Gasteiger partial charge on any atom is -0.381 e. The number of amides is 1. The first-order valence-corrected chi connectivity index (χ1v) is 7.76. The van der Waals surface area contributed by atoms with Crippen molar-refractivity contribution in [3.05, 3.63) is 58.1 Å². The number of rotatable bonds is 5. The van der Waals surface area contributed by atoms with E-state index < -0.39 is 0 Å². The second-order valence-corrected chi connectivity index (χ2v) is 5.77. The zero-order chi connectivity index (χ0) is 15.2. The molecule has 4 heteroatoms. The van der Waals surface area contributed by atoms with Crippen molar-refractivity contribution in [1.82, 2.24) is 0 Å². The van der Waals surface area contributed by atoms with Crippen LogP contribution in [0.3, 0.4) is 0 Å². The van der Waals surface area contributed by atoms with Gasteiger partial charge in [-0.2, -0.15) is 0 Å². The molecule has 0 saturated carbocycles. The van der Waals surface area contributed by atoms with Crippen LogP contribution in [-0.2, 0) is 11.3 Å². The van der Waals surface area contributed by atoms with Gasteiger partial charge < -0.3 is 10.6 Å². The molecule has 0 heterocycles. The lowest BCUT2D eigenvalue weighted by Gasteiger charge is -2.10. The average molecular weight is 347 g/mol. The molecule has 0 atom stereocenters. The highest BCUT2D eigenvalue weighted by molar-refractivity contribution is 9.10. The Balaban J connectivity index is 2.01. The molecule has 0 fully saturated rings. The molecule has 0 unspecified atom stereocenters. The maximum Gasteiger partial charge on any atom is 0.224 e. The Hall–Kier alpha value is -1.81. The number of halogens is 1. The van der Waals surface area contributed by atoms with Crippen LogP contribution < -0.4 is 10.6 Å². The highest BCUT2D eigenvalue weighted by atomic mass is 79.9. The molecule has 2 N–H and O–H groups in total. The van der Waals surface area contributed by atoms with E-state index >= 15 is 0 Å². The van der Waals surface area contributed by atoms with E-state index in [2.05, 4.69) is 51.7 Å². The summed E-state index contributed by atoms with van der Waals surface area (Å²) in [5.41, 5.74) is 4.23. The van der Waals surface area contributed by atoms with Gasteiger partial charge in [-0.05, 0) is 42.3 Å². The Labute approximate surface area is 133 Å². The summed E-state index contributed by atoms with van der Waals surface area (Å²) in [7, 11) is 0. The molecule has 110 valence electrons. The summed E-state index contributed by atoms with van der Waals surface area (Å²) in [6.07, 6.45) is 0.481. The highest BCUT2D eigenvalue weighted by Gasteiger charge is 2.01. The monoisotopic (exact) mass is 346 g/mol. The Bertz CT molecular complexity index is 640. The summed E-state index contributed by atoms with van der Waals surface area (Å²) in [4.78, 5) is 11.4. The molecule has 0 aliphatic rings. The van der Waals surface area contributed by atoms with Gasteiger partial charge in [0.05, 0.1) is 0 Å². The van der Waals surface area contributed by atoms with E-state index in [0.717, 1.165) is 22.4 Å². The molecule has 1 amide bonds. The van der Waals surface area contributed by atoms with Crippen LogP contribution in [0.25, 0.3) is 0 Å². The minimum atomic E-state index is 0.0228. The average Bonchev–Trinajstić information content (AvgIpc) is 2.49. The van der Waals surface area contributed by atoms with Crippen molar-refractivity contribution in [3.63, 3.8) is 0 Å². The number of nitrogens with one attached hydrogen (secondary N) is 2. The van der Waals surface area contributed by atoms with Crippen LogP contribution in [-0.4, -0.2) is 5.91 Å². The standard InChI is InChI=1S/C17H19BrN2O/c1-3-17(21)20-15-6-4-5-14(10-15)19-11-13-8-7-12(2)16(18)9-13/h4-10,19H,3,11H2,1-2H3,(H,20,21). The Morgan fingerprint density at radius 2 is 1.90 bits per heavy atom. The fourth-order valence-corrected chi connectivity index (χ4v) is 2.33. The third-order valence-corrected chi connectivity index (χ3v) is 4.05. The van der Waals surface area contributed by atoms with E-state index in [1.54, 1.807) is 0 Å². The molecular weight excluding hydrogens is 328 g/mol. The van der Waals surface area contributed by atoms with Gasteiger partial charge in [-0.1, -0.05) is 41.1 Å². The third kappa shape index (κ3) is 4.60. The molecule has 21 heavy (non-hydrogen) atoms. The summed E-state index contributed by atoms with van der Waals surface area (Å²) in [5, 5.41) is 6.23. The number of anilines is 2. The molecule has 0 saturated heterocycles. The van der Waals surface area contributed by atoms with Crippen LogP contribution in [0, 0.1) is 6.92 Å². The van der Waals surface area contributed by atoms with Gasteiger partial charge in [-0.3, -0.25) is 4.79 Å². The number of aryl methyl sites for hydroxylation is 1. The van der Waals surface area contributed by atoms with Crippen molar-refractivity contribution in [2.45, 2.75) is 26.8 Å².